The van der Waals surface area contributed by atoms with Gasteiger partial charge in [-0.25, -0.2) is 4.98 Å². The molecule has 1 aromatic carbocycles. The Balaban J connectivity index is 1.61. The van der Waals surface area contributed by atoms with Gasteiger partial charge >= 0.3 is 0 Å². The Morgan fingerprint density at radius 1 is 1.14 bits per heavy atom. The summed E-state index contributed by atoms with van der Waals surface area (Å²) >= 11 is 0. The number of aromatic nitrogens is 1. The van der Waals surface area contributed by atoms with Crippen molar-refractivity contribution in [2.75, 3.05) is 70.3 Å². The third-order valence-corrected chi connectivity index (χ3v) is 4.88. The van der Waals surface area contributed by atoms with Crippen LogP contribution in [0, 0.1) is 0 Å². The molecule has 1 fully saturated rings. The first-order valence-electron chi connectivity index (χ1n) is 9.60. The van der Waals surface area contributed by atoms with Crippen molar-refractivity contribution >= 4 is 17.4 Å². The van der Waals surface area contributed by atoms with Crippen molar-refractivity contribution in [3.8, 4) is 5.75 Å². The van der Waals surface area contributed by atoms with Gasteiger partial charge in [-0.15, -0.1) is 0 Å². The minimum atomic E-state index is -0.0573. The van der Waals surface area contributed by atoms with Crippen molar-refractivity contribution in [3.05, 3.63) is 48.2 Å². The van der Waals surface area contributed by atoms with E-state index in [4.69, 9.17) is 4.74 Å². The van der Waals surface area contributed by atoms with Crippen LogP contribution in [0.4, 0.5) is 11.5 Å². The van der Waals surface area contributed by atoms with Crippen LogP contribution in [0.2, 0.25) is 0 Å². The zero-order chi connectivity index (χ0) is 19.9. The summed E-state index contributed by atoms with van der Waals surface area (Å²) in [6.07, 6.45) is 1.71. The molecule has 1 amide bonds. The van der Waals surface area contributed by atoms with Crippen molar-refractivity contribution < 1.29 is 9.53 Å². The molecular weight excluding hydrogens is 354 g/mol. The monoisotopic (exact) mass is 383 g/mol. The number of nitrogens with one attached hydrogen (secondary N) is 1. The number of ether oxygens (including phenoxy) is 1. The molecule has 0 saturated carbocycles. The number of carbonyl (C=O) groups is 1. The van der Waals surface area contributed by atoms with Crippen molar-refractivity contribution in [1.29, 1.82) is 0 Å². The quantitative estimate of drug-likeness (QED) is 0.786. The summed E-state index contributed by atoms with van der Waals surface area (Å²) in [7, 11) is 5.68. The van der Waals surface area contributed by atoms with E-state index in [1.165, 1.54) is 0 Å². The van der Waals surface area contributed by atoms with Crippen LogP contribution in [0.15, 0.2) is 42.6 Å². The fraction of sp³-hybridized carbons (Fsp3) is 0.429. The molecule has 7 heteroatoms. The van der Waals surface area contributed by atoms with Crippen LogP contribution in [0.25, 0.3) is 0 Å². The maximum absolute atomic E-state index is 12.4. The number of amides is 1. The zero-order valence-corrected chi connectivity index (χ0v) is 16.9. The Bertz CT molecular complexity index is 788. The van der Waals surface area contributed by atoms with Crippen LogP contribution in [-0.2, 0) is 0 Å². The fourth-order valence-electron chi connectivity index (χ4n) is 3.30. The van der Waals surface area contributed by atoms with Gasteiger partial charge in [0.25, 0.3) is 5.91 Å². The second-order valence-corrected chi connectivity index (χ2v) is 7.11. The number of pyridine rings is 1. The highest BCUT2D eigenvalue weighted by Gasteiger charge is 2.21. The maximum atomic E-state index is 12.4. The molecule has 28 heavy (non-hydrogen) atoms. The number of rotatable bonds is 7. The SMILES string of the molecule is COc1ccccc1N1CCN(c2cc(C(=O)NCCN(C)C)ccn2)CC1. The number of piperazine rings is 1. The molecule has 2 aromatic rings. The van der Waals surface area contributed by atoms with Crippen LogP contribution >= 0.6 is 0 Å². The molecule has 1 N–H and O–H groups in total. The number of carbonyl (C=O) groups excluding carboxylic acids is 1. The first-order chi connectivity index (χ1) is 13.6. The third-order valence-electron chi connectivity index (χ3n) is 4.88. The van der Waals surface area contributed by atoms with E-state index in [1.54, 1.807) is 19.4 Å². The topological polar surface area (TPSA) is 60.9 Å². The summed E-state index contributed by atoms with van der Waals surface area (Å²) in [5, 5.41) is 2.95. The number of para-hydroxylation sites is 2. The van der Waals surface area contributed by atoms with Crippen LogP contribution in [0.5, 0.6) is 5.75 Å². The lowest BCUT2D eigenvalue weighted by Crippen LogP contribution is -2.47. The van der Waals surface area contributed by atoms with Crippen molar-refractivity contribution in [1.82, 2.24) is 15.2 Å². The van der Waals surface area contributed by atoms with E-state index in [0.29, 0.717) is 12.1 Å². The number of hydrogen-bond acceptors (Lipinski definition) is 6. The summed E-state index contributed by atoms with van der Waals surface area (Å²) in [4.78, 5) is 23.4. The maximum Gasteiger partial charge on any atom is 0.251 e. The lowest BCUT2D eigenvalue weighted by molar-refractivity contribution is 0.0951. The highest BCUT2D eigenvalue weighted by Crippen LogP contribution is 2.29. The Morgan fingerprint density at radius 3 is 2.57 bits per heavy atom. The van der Waals surface area contributed by atoms with Crippen LogP contribution in [-0.4, -0.2) is 76.3 Å². The Morgan fingerprint density at radius 2 is 1.86 bits per heavy atom. The minimum absolute atomic E-state index is 0.0573. The number of likely N-dealkylation sites (N-methyl/N-ethyl adjacent to an activating group) is 1. The van der Waals surface area contributed by atoms with E-state index in [2.05, 4.69) is 26.2 Å². The molecule has 3 rings (SSSR count). The molecule has 1 aliphatic heterocycles. The van der Waals surface area contributed by atoms with Gasteiger partial charge in [0.1, 0.15) is 11.6 Å². The average Bonchev–Trinajstić information content (AvgIpc) is 2.73. The van der Waals surface area contributed by atoms with Crippen LogP contribution in [0.1, 0.15) is 10.4 Å². The second-order valence-electron chi connectivity index (χ2n) is 7.11. The molecule has 2 heterocycles. The predicted molar refractivity (Wildman–Crippen MR) is 113 cm³/mol. The molecule has 0 radical (unpaired) electrons. The molecule has 1 aromatic heterocycles. The zero-order valence-electron chi connectivity index (χ0n) is 16.9. The molecule has 1 aliphatic rings. The van der Waals surface area contributed by atoms with Gasteiger partial charge < -0.3 is 24.8 Å². The van der Waals surface area contributed by atoms with Gasteiger partial charge in [0.15, 0.2) is 0 Å². The van der Waals surface area contributed by atoms with Crippen molar-refractivity contribution in [2.45, 2.75) is 0 Å². The van der Waals surface area contributed by atoms with Gasteiger partial charge in [0, 0.05) is 51.0 Å². The predicted octanol–water partition coefficient (Wildman–Crippen LogP) is 1.71. The molecule has 0 atom stereocenters. The second kappa shape index (κ2) is 9.41. The first kappa shape index (κ1) is 19.9. The van der Waals surface area contributed by atoms with Crippen molar-refractivity contribution in [3.63, 3.8) is 0 Å². The molecule has 0 unspecified atom stereocenters. The lowest BCUT2D eigenvalue weighted by atomic mass is 10.2. The molecule has 0 spiro atoms. The van der Waals surface area contributed by atoms with Gasteiger partial charge in [-0.2, -0.15) is 0 Å². The lowest BCUT2D eigenvalue weighted by Gasteiger charge is -2.37. The largest absolute Gasteiger partial charge is 0.495 e. The third kappa shape index (κ3) is 4.92. The number of nitrogens with zero attached hydrogens (tertiary/aromatic N) is 4. The number of methoxy groups -OCH3 is 1. The van der Waals surface area contributed by atoms with Gasteiger partial charge in [-0.05, 0) is 38.4 Å². The van der Waals surface area contributed by atoms with Crippen LogP contribution in [0.3, 0.4) is 0 Å². The molecule has 1 saturated heterocycles. The summed E-state index contributed by atoms with van der Waals surface area (Å²) in [5.74, 6) is 1.68. The van der Waals surface area contributed by atoms with Gasteiger partial charge in [-0.1, -0.05) is 12.1 Å². The average molecular weight is 383 g/mol. The Kier molecular flexibility index (Phi) is 6.71. The van der Waals surface area contributed by atoms with E-state index >= 15 is 0 Å². The highest BCUT2D eigenvalue weighted by molar-refractivity contribution is 5.94. The molecule has 7 nitrogen and oxygen atoms in total. The van der Waals surface area contributed by atoms with Gasteiger partial charge in [0.2, 0.25) is 0 Å². The normalized spacial score (nSPS) is 14.3. The minimum Gasteiger partial charge on any atom is -0.495 e. The summed E-state index contributed by atoms with van der Waals surface area (Å²) < 4.78 is 5.48. The summed E-state index contributed by atoms with van der Waals surface area (Å²) in [5.41, 5.74) is 1.77. The van der Waals surface area contributed by atoms with E-state index in [-0.39, 0.29) is 5.91 Å². The van der Waals surface area contributed by atoms with E-state index in [0.717, 1.165) is 50.0 Å². The highest BCUT2D eigenvalue weighted by atomic mass is 16.5. The number of anilines is 2. The van der Waals surface area contributed by atoms with Gasteiger partial charge in [-0.3, -0.25) is 4.79 Å². The summed E-state index contributed by atoms with van der Waals surface area (Å²) in [6.45, 7) is 4.88. The molecular formula is C21H29N5O2. The number of hydrogen-bond donors (Lipinski definition) is 1. The van der Waals surface area contributed by atoms with E-state index in [9.17, 15) is 4.79 Å². The Hall–Kier alpha value is -2.80. The smallest absolute Gasteiger partial charge is 0.251 e. The molecule has 0 aliphatic carbocycles. The van der Waals surface area contributed by atoms with Gasteiger partial charge in [0.05, 0.1) is 12.8 Å². The molecule has 150 valence electrons. The first-order valence-corrected chi connectivity index (χ1v) is 9.60. The molecule has 0 bridgehead atoms. The van der Waals surface area contributed by atoms with Crippen LogP contribution < -0.4 is 19.9 Å². The van der Waals surface area contributed by atoms with Crippen molar-refractivity contribution in [2.24, 2.45) is 0 Å². The van der Waals surface area contributed by atoms with E-state index in [1.807, 2.05) is 43.3 Å². The Labute approximate surface area is 166 Å². The number of benzene rings is 1. The van der Waals surface area contributed by atoms with E-state index < -0.39 is 0 Å². The standard InChI is InChI=1S/C21H29N5O2/c1-24(2)11-10-23-21(27)17-8-9-22-20(16-17)26-14-12-25(13-15-26)18-6-4-5-7-19(18)28-3/h4-9,16H,10-15H2,1-3H3,(H,23,27). The summed E-state index contributed by atoms with van der Waals surface area (Å²) in [6, 6.07) is 11.7. The fourth-order valence-corrected chi connectivity index (χ4v) is 3.30.